The van der Waals surface area contributed by atoms with E-state index in [1.54, 1.807) is 11.3 Å². The highest BCUT2D eigenvalue weighted by atomic mass is 32.2. The molecule has 0 spiro atoms. The first-order valence-corrected chi connectivity index (χ1v) is 10.5. The topological polar surface area (TPSA) is 17.1 Å². The first-order valence-electron chi connectivity index (χ1n) is 8.68. The highest BCUT2D eigenvalue weighted by molar-refractivity contribution is 7.99. The molecule has 1 aliphatic heterocycles. The Bertz CT molecular complexity index is 875. The Morgan fingerprint density at radius 3 is 2.64 bits per heavy atom. The van der Waals surface area contributed by atoms with E-state index in [4.69, 9.17) is 0 Å². The summed E-state index contributed by atoms with van der Waals surface area (Å²) in [4.78, 5) is 13.5. The van der Waals surface area contributed by atoms with Crippen LogP contribution in [-0.2, 0) is 0 Å². The van der Waals surface area contributed by atoms with Crippen molar-refractivity contribution in [3.63, 3.8) is 0 Å². The molecule has 1 unspecified atom stereocenters. The molecule has 1 atom stereocenters. The van der Waals surface area contributed by atoms with Crippen LogP contribution in [-0.4, -0.2) is 11.5 Å². The Labute approximate surface area is 156 Å². The third-order valence-corrected chi connectivity index (χ3v) is 7.13. The van der Waals surface area contributed by atoms with Crippen molar-refractivity contribution >= 4 is 39.0 Å². The van der Waals surface area contributed by atoms with Crippen LogP contribution in [0.25, 0.3) is 10.1 Å². The summed E-state index contributed by atoms with van der Waals surface area (Å²) in [5.41, 5.74) is 2.71. The van der Waals surface area contributed by atoms with E-state index < -0.39 is 0 Å². The molecule has 1 fully saturated rings. The lowest BCUT2D eigenvalue weighted by molar-refractivity contribution is 0.104. The van der Waals surface area contributed by atoms with E-state index in [0.717, 1.165) is 35.3 Å². The van der Waals surface area contributed by atoms with Crippen LogP contribution in [0.15, 0.2) is 72.3 Å². The summed E-state index contributed by atoms with van der Waals surface area (Å²) in [6.45, 7) is 0. The summed E-state index contributed by atoms with van der Waals surface area (Å²) in [5, 5.41) is 1.71. The van der Waals surface area contributed by atoms with Gasteiger partial charge < -0.3 is 0 Å². The maximum absolute atomic E-state index is 12.7. The number of hydrogen-bond donors (Lipinski definition) is 0. The Morgan fingerprint density at radius 1 is 1.00 bits per heavy atom. The van der Waals surface area contributed by atoms with Crippen LogP contribution >= 0.6 is 23.1 Å². The molecule has 126 valence electrons. The summed E-state index contributed by atoms with van der Waals surface area (Å²) < 4.78 is 1.19. The molecule has 2 heterocycles. The van der Waals surface area contributed by atoms with E-state index >= 15 is 0 Å². The van der Waals surface area contributed by atoms with E-state index in [-0.39, 0.29) is 5.78 Å². The number of hydrogen-bond acceptors (Lipinski definition) is 3. The maximum atomic E-state index is 12.7. The van der Waals surface area contributed by atoms with Gasteiger partial charge in [-0.15, -0.1) is 11.3 Å². The van der Waals surface area contributed by atoms with Gasteiger partial charge in [0, 0.05) is 9.95 Å². The van der Waals surface area contributed by atoms with Gasteiger partial charge in [0.1, 0.15) is 0 Å². The van der Waals surface area contributed by atoms with Gasteiger partial charge in [-0.1, -0.05) is 54.1 Å². The van der Waals surface area contributed by atoms with E-state index in [0.29, 0.717) is 5.25 Å². The van der Waals surface area contributed by atoms with Crippen molar-refractivity contribution in [3.8, 4) is 0 Å². The minimum atomic E-state index is 0.166. The van der Waals surface area contributed by atoms with E-state index in [1.807, 2.05) is 36.0 Å². The Kier molecular flexibility index (Phi) is 5.04. The van der Waals surface area contributed by atoms with Crippen molar-refractivity contribution in [2.24, 2.45) is 0 Å². The lowest BCUT2D eigenvalue weighted by Gasteiger charge is -2.13. The van der Waals surface area contributed by atoms with Crippen molar-refractivity contribution in [3.05, 3.63) is 82.8 Å². The monoisotopic (exact) mass is 364 g/mol. The molecule has 2 aromatic carbocycles. The largest absolute Gasteiger partial charge is 0.288 e. The number of carbonyl (C=O) groups excluding carboxylic acids is 1. The van der Waals surface area contributed by atoms with Crippen LogP contribution in [0.5, 0.6) is 0 Å². The van der Waals surface area contributed by atoms with Gasteiger partial charge in [-0.2, -0.15) is 11.8 Å². The Balaban J connectivity index is 1.48. The zero-order valence-corrected chi connectivity index (χ0v) is 15.6. The van der Waals surface area contributed by atoms with Gasteiger partial charge in [-0.3, -0.25) is 4.79 Å². The van der Waals surface area contributed by atoms with Crippen LogP contribution in [0.2, 0.25) is 0 Å². The summed E-state index contributed by atoms with van der Waals surface area (Å²) >= 11 is 3.62. The molecular weight excluding hydrogens is 344 g/mol. The zero-order valence-electron chi connectivity index (χ0n) is 14.0. The molecule has 1 saturated heterocycles. The minimum absolute atomic E-state index is 0.166. The third kappa shape index (κ3) is 3.88. The first kappa shape index (κ1) is 16.6. The summed E-state index contributed by atoms with van der Waals surface area (Å²) in [6, 6.07) is 21.0. The fraction of sp³-hybridized carbons (Fsp3) is 0.227. The van der Waals surface area contributed by atoms with Gasteiger partial charge in [0.2, 0.25) is 0 Å². The number of fused-ring (bicyclic) bond motifs is 1. The molecule has 0 aliphatic carbocycles. The second-order valence-corrected chi connectivity index (χ2v) is 8.77. The Hall–Kier alpha value is -1.84. The van der Waals surface area contributed by atoms with Gasteiger partial charge in [0.05, 0.1) is 4.88 Å². The molecule has 0 radical (unpaired) electrons. The molecule has 3 heteroatoms. The summed E-state index contributed by atoms with van der Waals surface area (Å²) in [5.74, 6) is 1.25. The smallest absolute Gasteiger partial charge is 0.195 e. The van der Waals surface area contributed by atoms with Crippen LogP contribution in [0, 0.1) is 0 Å². The quantitative estimate of drug-likeness (QED) is 0.381. The fourth-order valence-electron chi connectivity index (χ4n) is 3.29. The molecule has 4 rings (SSSR count). The molecular formula is C22H20OS2. The molecule has 0 amide bonds. The molecule has 25 heavy (non-hydrogen) atoms. The molecule has 1 nitrogen and oxygen atoms in total. The van der Waals surface area contributed by atoms with Crippen molar-refractivity contribution in [2.45, 2.75) is 24.5 Å². The number of ketones is 1. The maximum Gasteiger partial charge on any atom is 0.195 e. The molecule has 3 aromatic rings. The van der Waals surface area contributed by atoms with Crippen molar-refractivity contribution in [2.75, 3.05) is 5.75 Å². The molecule has 1 aromatic heterocycles. The lowest BCUT2D eigenvalue weighted by atomic mass is 10.0. The van der Waals surface area contributed by atoms with Crippen LogP contribution in [0.4, 0.5) is 0 Å². The third-order valence-electron chi connectivity index (χ3n) is 4.64. The van der Waals surface area contributed by atoms with Gasteiger partial charge >= 0.3 is 0 Å². The van der Waals surface area contributed by atoms with Crippen LogP contribution in [0.1, 0.15) is 39.7 Å². The average Bonchev–Trinajstić information content (AvgIpc) is 2.96. The van der Waals surface area contributed by atoms with E-state index in [2.05, 4.69) is 42.5 Å². The molecule has 1 aliphatic rings. The van der Waals surface area contributed by atoms with Crippen LogP contribution in [0.3, 0.4) is 0 Å². The number of thioether (sulfide) groups is 1. The highest BCUT2D eigenvalue weighted by Gasteiger charge is 2.18. The van der Waals surface area contributed by atoms with Crippen molar-refractivity contribution < 1.29 is 4.79 Å². The predicted molar refractivity (Wildman–Crippen MR) is 110 cm³/mol. The number of thiophene rings is 1. The summed E-state index contributed by atoms with van der Waals surface area (Å²) in [7, 11) is 0. The van der Waals surface area contributed by atoms with E-state index in [9.17, 15) is 4.79 Å². The first-order chi connectivity index (χ1) is 12.3. The molecule has 0 bridgehead atoms. The fourth-order valence-corrected chi connectivity index (χ4v) is 5.56. The Morgan fingerprint density at radius 2 is 1.80 bits per heavy atom. The predicted octanol–water partition coefficient (Wildman–Crippen LogP) is 6.67. The second-order valence-electron chi connectivity index (χ2n) is 6.37. The van der Waals surface area contributed by atoms with Crippen molar-refractivity contribution in [1.29, 1.82) is 0 Å². The average molecular weight is 365 g/mol. The normalized spacial score (nSPS) is 19.8. The molecule has 0 N–H and O–H groups in total. The number of allylic oxidation sites excluding steroid dienone is 2. The zero-order chi connectivity index (χ0) is 17.1. The minimum Gasteiger partial charge on any atom is -0.288 e. The van der Waals surface area contributed by atoms with Crippen LogP contribution < -0.4 is 0 Å². The number of rotatable bonds is 3. The summed E-state index contributed by atoms with van der Waals surface area (Å²) in [6.07, 6.45) is 5.05. The standard InChI is InChI=1S/C22H20OS2/c23-19(22-15-18-8-4-5-9-21(18)25-22)14-16-10-11-20(24-13-12-16)17-6-2-1-3-7-17/h1-9,14-15,20H,10-13H2/b16-14+. The van der Waals surface area contributed by atoms with Gasteiger partial charge in [0.25, 0.3) is 0 Å². The van der Waals surface area contributed by atoms with E-state index in [1.165, 1.54) is 15.8 Å². The van der Waals surface area contributed by atoms with Gasteiger partial charge in [-0.05, 0) is 54.2 Å². The van der Waals surface area contributed by atoms with Crippen molar-refractivity contribution in [1.82, 2.24) is 0 Å². The van der Waals surface area contributed by atoms with Gasteiger partial charge in [-0.25, -0.2) is 0 Å². The SMILES string of the molecule is O=C(/C=C1/CCSC(c2ccccc2)CC1)c1cc2ccccc2s1. The lowest BCUT2D eigenvalue weighted by Crippen LogP contribution is -1.95. The highest BCUT2D eigenvalue weighted by Crippen LogP contribution is 2.39. The number of carbonyl (C=O) groups is 1. The molecule has 0 saturated carbocycles. The van der Waals surface area contributed by atoms with Gasteiger partial charge in [0.15, 0.2) is 5.78 Å². The number of benzene rings is 2. The second kappa shape index (κ2) is 7.59.